The van der Waals surface area contributed by atoms with Crippen molar-refractivity contribution in [2.24, 2.45) is 17.3 Å². The average molecular weight is 441 g/mol. The molecular formula is C25H40BN3O3. The second-order valence-electron chi connectivity index (χ2n) is 10.7. The van der Waals surface area contributed by atoms with Crippen LogP contribution in [0.2, 0.25) is 0 Å². The molecule has 2 saturated heterocycles. The number of urea groups is 1. The standard InChI is InChI=1S/C20H29BN2O3.C5H11N/c1-19(2)14-11-15(19)20(3)16(12-14)25-21(26-20)17(23-18(24)22-4)10-13-8-6-5-7-9-13;1-2-4-6-5-3-1/h5-9,14-17H,10-12H2,1-4H3,(H2,22,23,24);6H,1-5H2/t14?,15?,16?,17?,20-;/m0./s1. The molecule has 176 valence electrons. The fourth-order valence-electron chi connectivity index (χ4n) is 6.20. The molecule has 32 heavy (non-hydrogen) atoms. The Balaban J connectivity index is 0.000000354. The van der Waals surface area contributed by atoms with Crippen LogP contribution in [0.1, 0.15) is 58.4 Å². The van der Waals surface area contributed by atoms with Crippen LogP contribution in [0.25, 0.3) is 0 Å². The van der Waals surface area contributed by atoms with Crippen molar-refractivity contribution in [2.75, 3.05) is 20.1 Å². The molecule has 2 heterocycles. The number of rotatable bonds is 4. The van der Waals surface area contributed by atoms with E-state index in [1.807, 2.05) is 18.2 Å². The van der Waals surface area contributed by atoms with Crippen molar-refractivity contribution in [3.05, 3.63) is 35.9 Å². The fraction of sp³-hybridized carbons (Fsp3) is 0.720. The minimum absolute atomic E-state index is 0.119. The van der Waals surface area contributed by atoms with Crippen molar-refractivity contribution in [1.82, 2.24) is 16.0 Å². The van der Waals surface area contributed by atoms with Crippen LogP contribution >= 0.6 is 0 Å². The number of amides is 2. The third kappa shape index (κ3) is 4.71. The minimum Gasteiger partial charge on any atom is -0.404 e. The van der Waals surface area contributed by atoms with Crippen LogP contribution < -0.4 is 16.0 Å². The van der Waals surface area contributed by atoms with Gasteiger partial charge in [-0.15, -0.1) is 0 Å². The van der Waals surface area contributed by atoms with Gasteiger partial charge in [-0.1, -0.05) is 50.6 Å². The number of hydrogen-bond acceptors (Lipinski definition) is 4. The first-order chi connectivity index (χ1) is 15.3. The Morgan fingerprint density at radius 1 is 1.16 bits per heavy atom. The smallest absolute Gasteiger partial charge is 0.404 e. The molecule has 7 heteroatoms. The van der Waals surface area contributed by atoms with Crippen molar-refractivity contribution in [3.63, 3.8) is 0 Å². The van der Waals surface area contributed by atoms with Crippen LogP contribution in [0, 0.1) is 17.3 Å². The lowest BCUT2D eigenvalue weighted by Crippen LogP contribution is -2.65. The summed E-state index contributed by atoms with van der Waals surface area (Å²) in [5, 5.41) is 8.96. The highest BCUT2D eigenvalue weighted by Gasteiger charge is 2.68. The Morgan fingerprint density at radius 2 is 1.88 bits per heavy atom. The van der Waals surface area contributed by atoms with Crippen molar-refractivity contribution in [2.45, 2.75) is 76.9 Å². The number of hydrogen-bond donors (Lipinski definition) is 3. The highest BCUT2D eigenvalue weighted by Crippen LogP contribution is 2.65. The van der Waals surface area contributed by atoms with Gasteiger partial charge < -0.3 is 25.3 Å². The zero-order chi connectivity index (χ0) is 22.8. The molecule has 2 aliphatic heterocycles. The summed E-state index contributed by atoms with van der Waals surface area (Å²) in [7, 11) is 1.21. The van der Waals surface area contributed by atoms with E-state index in [1.54, 1.807) is 7.05 Å². The summed E-state index contributed by atoms with van der Waals surface area (Å²) >= 11 is 0. The second-order valence-corrected chi connectivity index (χ2v) is 10.7. The zero-order valence-electron chi connectivity index (χ0n) is 20.2. The first kappa shape index (κ1) is 23.6. The highest BCUT2D eigenvalue weighted by molar-refractivity contribution is 6.48. The maximum absolute atomic E-state index is 12.0. The molecule has 3 aliphatic carbocycles. The Hall–Kier alpha value is -1.57. The van der Waals surface area contributed by atoms with Crippen LogP contribution in [0.5, 0.6) is 0 Å². The molecule has 2 bridgehead atoms. The van der Waals surface area contributed by atoms with Crippen LogP contribution in [0.4, 0.5) is 4.79 Å². The summed E-state index contributed by atoms with van der Waals surface area (Å²) in [4.78, 5) is 12.0. The maximum atomic E-state index is 12.0. The number of nitrogens with one attached hydrogen (secondary N) is 3. The van der Waals surface area contributed by atoms with E-state index in [1.165, 1.54) is 38.8 Å². The number of benzene rings is 1. The molecule has 3 N–H and O–H groups in total. The predicted octanol–water partition coefficient (Wildman–Crippen LogP) is 3.55. The van der Waals surface area contributed by atoms with E-state index in [0.29, 0.717) is 23.7 Å². The monoisotopic (exact) mass is 441 g/mol. The lowest BCUT2D eigenvalue weighted by atomic mass is 9.43. The van der Waals surface area contributed by atoms with Crippen molar-refractivity contribution in [3.8, 4) is 0 Å². The average Bonchev–Trinajstić information content (AvgIpc) is 3.18. The topological polar surface area (TPSA) is 71.6 Å². The SMILES string of the molecule is C1CCNCC1.CNC(=O)NC(Cc1ccccc1)B1OC2CC3CC(C3(C)C)[C@]2(C)O1. The Bertz CT molecular complexity index is 761. The van der Waals surface area contributed by atoms with Gasteiger partial charge in [0.2, 0.25) is 0 Å². The van der Waals surface area contributed by atoms with Crippen molar-refractivity contribution >= 4 is 13.1 Å². The molecule has 0 spiro atoms. The van der Waals surface area contributed by atoms with Gasteiger partial charge in [0.1, 0.15) is 0 Å². The summed E-state index contributed by atoms with van der Waals surface area (Å²) in [6, 6.07) is 9.97. The molecule has 5 fully saturated rings. The van der Waals surface area contributed by atoms with E-state index in [-0.39, 0.29) is 23.7 Å². The van der Waals surface area contributed by atoms with Gasteiger partial charge in [-0.25, -0.2) is 4.79 Å². The lowest BCUT2D eigenvalue weighted by Gasteiger charge is -2.64. The number of piperidine rings is 1. The van der Waals surface area contributed by atoms with Crippen LogP contribution in [-0.4, -0.2) is 50.9 Å². The number of carbonyl (C=O) groups is 1. The number of carbonyl (C=O) groups excluding carboxylic acids is 1. The van der Waals surface area contributed by atoms with Crippen LogP contribution in [0.15, 0.2) is 30.3 Å². The van der Waals surface area contributed by atoms with Gasteiger partial charge in [0.25, 0.3) is 0 Å². The maximum Gasteiger partial charge on any atom is 0.482 e. The lowest BCUT2D eigenvalue weighted by molar-refractivity contribution is -0.199. The van der Waals surface area contributed by atoms with E-state index in [9.17, 15) is 4.79 Å². The first-order valence-corrected chi connectivity index (χ1v) is 12.4. The van der Waals surface area contributed by atoms with Crippen LogP contribution in [-0.2, 0) is 15.7 Å². The second kappa shape index (κ2) is 9.74. The van der Waals surface area contributed by atoms with Crippen molar-refractivity contribution in [1.29, 1.82) is 0 Å². The van der Waals surface area contributed by atoms with Gasteiger partial charge in [-0.2, -0.15) is 0 Å². The molecule has 5 aliphatic rings. The Labute approximate surface area is 193 Å². The summed E-state index contributed by atoms with van der Waals surface area (Å²) in [6.07, 6.45) is 7.29. The quantitative estimate of drug-likeness (QED) is 0.625. The highest BCUT2D eigenvalue weighted by atomic mass is 16.7. The minimum atomic E-state index is -0.419. The Kier molecular flexibility index (Phi) is 7.18. The summed E-state index contributed by atoms with van der Waals surface area (Å²) < 4.78 is 12.9. The van der Waals surface area contributed by atoms with Gasteiger partial charge in [-0.3, -0.25) is 0 Å². The van der Waals surface area contributed by atoms with E-state index in [2.05, 4.69) is 48.9 Å². The summed E-state index contributed by atoms with van der Waals surface area (Å²) in [6.45, 7) is 9.42. The van der Waals surface area contributed by atoms with E-state index < -0.39 is 7.12 Å². The molecule has 0 radical (unpaired) electrons. The van der Waals surface area contributed by atoms with Gasteiger partial charge in [0, 0.05) is 7.05 Å². The normalized spacial score (nSPS) is 33.1. The molecule has 1 aromatic carbocycles. The zero-order valence-corrected chi connectivity index (χ0v) is 20.2. The molecule has 6 nitrogen and oxygen atoms in total. The molecular weight excluding hydrogens is 401 g/mol. The molecule has 3 saturated carbocycles. The molecule has 4 unspecified atom stereocenters. The molecule has 6 rings (SSSR count). The fourth-order valence-corrected chi connectivity index (χ4v) is 6.20. The van der Waals surface area contributed by atoms with E-state index in [4.69, 9.17) is 9.31 Å². The van der Waals surface area contributed by atoms with Crippen molar-refractivity contribution < 1.29 is 14.1 Å². The van der Waals surface area contributed by atoms with Gasteiger partial charge in [0.05, 0.1) is 17.6 Å². The first-order valence-electron chi connectivity index (χ1n) is 12.4. The van der Waals surface area contributed by atoms with Gasteiger partial charge in [0.15, 0.2) is 0 Å². The molecule has 5 atom stereocenters. The van der Waals surface area contributed by atoms with E-state index >= 15 is 0 Å². The molecule has 2 amide bonds. The van der Waals surface area contributed by atoms with Gasteiger partial charge >= 0.3 is 13.1 Å². The summed E-state index contributed by atoms with van der Waals surface area (Å²) in [5.74, 6) is 1.01. The Morgan fingerprint density at radius 3 is 2.44 bits per heavy atom. The van der Waals surface area contributed by atoms with E-state index in [0.717, 1.165) is 12.0 Å². The van der Waals surface area contributed by atoms with Gasteiger partial charge in [-0.05, 0) is 74.9 Å². The third-order valence-corrected chi connectivity index (χ3v) is 8.35. The largest absolute Gasteiger partial charge is 0.482 e. The third-order valence-electron chi connectivity index (χ3n) is 8.35. The summed E-state index contributed by atoms with van der Waals surface area (Å²) in [5.41, 5.74) is 1.21. The predicted molar refractivity (Wildman–Crippen MR) is 128 cm³/mol. The van der Waals surface area contributed by atoms with Crippen LogP contribution in [0.3, 0.4) is 0 Å². The molecule has 1 aromatic rings. The molecule has 0 aromatic heterocycles.